The average molecular weight is 297 g/mol. The van der Waals surface area contributed by atoms with Crippen molar-refractivity contribution < 1.29 is 9.21 Å². The monoisotopic (exact) mass is 296 g/mol. The van der Waals surface area contributed by atoms with Gasteiger partial charge >= 0.3 is 5.91 Å². The Morgan fingerprint density at radius 3 is 2.68 bits per heavy atom. The summed E-state index contributed by atoms with van der Waals surface area (Å²) in [5, 5.41) is 4.71. The number of nitrogens with one attached hydrogen (secondary N) is 1. The van der Waals surface area contributed by atoms with Gasteiger partial charge in [0.1, 0.15) is 5.76 Å². The van der Waals surface area contributed by atoms with Gasteiger partial charge in [0.25, 0.3) is 0 Å². The van der Waals surface area contributed by atoms with Crippen LogP contribution in [0.15, 0.2) is 39.9 Å². The van der Waals surface area contributed by atoms with E-state index >= 15 is 0 Å². The molecule has 2 rings (SSSR count). The van der Waals surface area contributed by atoms with Crippen LogP contribution in [-0.2, 0) is 0 Å². The second kappa shape index (κ2) is 5.91. The van der Waals surface area contributed by atoms with E-state index in [2.05, 4.69) is 10.5 Å². The number of halogens is 2. The fourth-order valence-corrected chi connectivity index (χ4v) is 1.68. The molecule has 0 saturated carbocycles. The van der Waals surface area contributed by atoms with Crippen molar-refractivity contribution in [3.63, 3.8) is 0 Å². The SMILES string of the molecule is Cc1ccc(C(=O)NN=Cc2ccc(Cl)c(Cl)c2)o1. The van der Waals surface area contributed by atoms with E-state index in [0.717, 1.165) is 5.56 Å². The molecule has 1 aromatic carbocycles. The molecule has 1 aromatic heterocycles. The number of amides is 1. The topological polar surface area (TPSA) is 54.6 Å². The molecular formula is C13H10Cl2N2O2. The Labute approximate surface area is 120 Å². The summed E-state index contributed by atoms with van der Waals surface area (Å²) in [4.78, 5) is 11.6. The van der Waals surface area contributed by atoms with Gasteiger partial charge in [-0.2, -0.15) is 5.10 Å². The third-order valence-electron chi connectivity index (χ3n) is 2.29. The second-order valence-corrected chi connectivity index (χ2v) is 4.60. The molecule has 0 spiro atoms. The highest BCUT2D eigenvalue weighted by atomic mass is 35.5. The molecule has 0 unspecified atom stereocenters. The molecule has 1 heterocycles. The Morgan fingerprint density at radius 2 is 2.05 bits per heavy atom. The zero-order valence-electron chi connectivity index (χ0n) is 9.98. The molecule has 4 nitrogen and oxygen atoms in total. The first-order valence-electron chi connectivity index (χ1n) is 5.41. The van der Waals surface area contributed by atoms with Crippen LogP contribution in [0.3, 0.4) is 0 Å². The minimum Gasteiger partial charge on any atom is -0.456 e. The Balaban J connectivity index is 2.00. The molecule has 0 aliphatic heterocycles. The van der Waals surface area contributed by atoms with Crippen molar-refractivity contribution in [2.24, 2.45) is 5.10 Å². The molecule has 0 aliphatic carbocycles. The van der Waals surface area contributed by atoms with Crippen molar-refractivity contribution >= 4 is 35.3 Å². The summed E-state index contributed by atoms with van der Waals surface area (Å²) in [6, 6.07) is 8.33. The number of nitrogens with zero attached hydrogens (tertiary/aromatic N) is 1. The molecule has 0 fully saturated rings. The summed E-state index contributed by atoms with van der Waals surface area (Å²) >= 11 is 11.6. The van der Waals surface area contributed by atoms with E-state index < -0.39 is 5.91 Å². The highest BCUT2D eigenvalue weighted by Crippen LogP contribution is 2.21. The minimum absolute atomic E-state index is 0.212. The maximum atomic E-state index is 11.6. The quantitative estimate of drug-likeness (QED) is 0.694. The smallest absolute Gasteiger partial charge is 0.307 e. The molecular weight excluding hydrogens is 287 g/mol. The predicted molar refractivity (Wildman–Crippen MR) is 75.0 cm³/mol. The van der Waals surface area contributed by atoms with Gasteiger partial charge in [0.2, 0.25) is 0 Å². The molecule has 0 bridgehead atoms. The number of rotatable bonds is 3. The van der Waals surface area contributed by atoms with E-state index in [0.29, 0.717) is 15.8 Å². The summed E-state index contributed by atoms with van der Waals surface area (Å²) in [5.41, 5.74) is 3.08. The summed E-state index contributed by atoms with van der Waals surface area (Å²) in [6.07, 6.45) is 1.47. The van der Waals surface area contributed by atoms with Crippen LogP contribution in [0.2, 0.25) is 10.0 Å². The summed E-state index contributed by atoms with van der Waals surface area (Å²) in [5.74, 6) is 0.465. The third-order valence-corrected chi connectivity index (χ3v) is 3.03. The Bertz CT molecular complexity index is 635. The largest absolute Gasteiger partial charge is 0.456 e. The third kappa shape index (κ3) is 3.59. The van der Waals surface area contributed by atoms with Crippen LogP contribution < -0.4 is 5.43 Å². The molecule has 0 aliphatic rings. The Morgan fingerprint density at radius 1 is 1.26 bits per heavy atom. The number of carbonyl (C=O) groups excluding carboxylic acids is 1. The molecule has 1 N–H and O–H groups in total. The van der Waals surface area contributed by atoms with E-state index in [1.165, 1.54) is 6.21 Å². The van der Waals surface area contributed by atoms with Crippen molar-refractivity contribution in [2.45, 2.75) is 6.92 Å². The Kier molecular flexibility index (Phi) is 4.24. The van der Waals surface area contributed by atoms with E-state index in [-0.39, 0.29) is 5.76 Å². The lowest BCUT2D eigenvalue weighted by atomic mass is 10.2. The van der Waals surface area contributed by atoms with E-state index in [1.54, 1.807) is 37.3 Å². The van der Waals surface area contributed by atoms with Crippen LogP contribution in [0.25, 0.3) is 0 Å². The first-order chi connectivity index (χ1) is 9.06. The van der Waals surface area contributed by atoms with Crippen molar-refractivity contribution in [3.05, 3.63) is 57.5 Å². The molecule has 19 heavy (non-hydrogen) atoms. The fraction of sp³-hybridized carbons (Fsp3) is 0.0769. The van der Waals surface area contributed by atoms with Crippen LogP contribution in [0.5, 0.6) is 0 Å². The van der Waals surface area contributed by atoms with Gasteiger partial charge in [0.15, 0.2) is 5.76 Å². The van der Waals surface area contributed by atoms with E-state index in [4.69, 9.17) is 27.6 Å². The molecule has 1 amide bonds. The molecule has 0 atom stereocenters. The lowest BCUT2D eigenvalue weighted by Crippen LogP contribution is -2.16. The second-order valence-electron chi connectivity index (χ2n) is 3.78. The van der Waals surface area contributed by atoms with Crippen LogP contribution in [0, 0.1) is 6.92 Å². The van der Waals surface area contributed by atoms with Crippen molar-refractivity contribution in [1.82, 2.24) is 5.43 Å². The van der Waals surface area contributed by atoms with Gasteiger partial charge in [0, 0.05) is 0 Å². The van der Waals surface area contributed by atoms with Gasteiger partial charge in [-0.05, 0) is 36.8 Å². The fourth-order valence-electron chi connectivity index (χ4n) is 1.37. The lowest BCUT2D eigenvalue weighted by Gasteiger charge is -1.98. The summed E-state index contributed by atoms with van der Waals surface area (Å²) in [7, 11) is 0. The number of hydrogen-bond acceptors (Lipinski definition) is 3. The first kappa shape index (κ1) is 13.6. The van der Waals surface area contributed by atoms with Crippen LogP contribution in [0.4, 0.5) is 0 Å². The highest BCUT2D eigenvalue weighted by Gasteiger charge is 2.07. The van der Waals surface area contributed by atoms with Gasteiger partial charge in [-0.15, -0.1) is 0 Å². The summed E-state index contributed by atoms with van der Waals surface area (Å²) in [6.45, 7) is 1.76. The van der Waals surface area contributed by atoms with Gasteiger partial charge in [0.05, 0.1) is 16.3 Å². The van der Waals surface area contributed by atoms with Crippen LogP contribution in [-0.4, -0.2) is 12.1 Å². The maximum absolute atomic E-state index is 11.6. The van der Waals surface area contributed by atoms with E-state index in [1.807, 2.05) is 0 Å². The number of aryl methyl sites for hydroxylation is 1. The van der Waals surface area contributed by atoms with E-state index in [9.17, 15) is 4.79 Å². The minimum atomic E-state index is -0.413. The molecule has 0 saturated heterocycles. The van der Waals surface area contributed by atoms with Gasteiger partial charge in [-0.1, -0.05) is 29.3 Å². The zero-order chi connectivity index (χ0) is 13.8. The number of furan rings is 1. The molecule has 6 heteroatoms. The number of hydrogen-bond donors (Lipinski definition) is 1. The summed E-state index contributed by atoms with van der Waals surface area (Å²) < 4.78 is 5.16. The zero-order valence-corrected chi connectivity index (χ0v) is 11.5. The number of hydrazone groups is 1. The average Bonchev–Trinajstić information content (AvgIpc) is 2.80. The Hall–Kier alpha value is -1.78. The van der Waals surface area contributed by atoms with Crippen molar-refractivity contribution in [3.8, 4) is 0 Å². The van der Waals surface area contributed by atoms with Gasteiger partial charge in [-0.3, -0.25) is 4.79 Å². The van der Waals surface area contributed by atoms with Gasteiger partial charge in [-0.25, -0.2) is 5.43 Å². The van der Waals surface area contributed by atoms with Crippen LogP contribution in [0.1, 0.15) is 21.9 Å². The van der Waals surface area contributed by atoms with Crippen molar-refractivity contribution in [2.75, 3.05) is 0 Å². The molecule has 2 aromatic rings. The van der Waals surface area contributed by atoms with Crippen LogP contribution >= 0.6 is 23.2 Å². The standard InChI is InChI=1S/C13H10Cl2N2O2/c1-8-2-5-12(19-8)13(18)17-16-7-9-3-4-10(14)11(15)6-9/h2-7H,1H3,(H,17,18). The molecule has 98 valence electrons. The first-order valence-corrected chi connectivity index (χ1v) is 6.17. The van der Waals surface area contributed by atoms with Crippen molar-refractivity contribution in [1.29, 1.82) is 0 Å². The molecule has 0 radical (unpaired) electrons. The van der Waals surface area contributed by atoms with Gasteiger partial charge < -0.3 is 4.42 Å². The lowest BCUT2D eigenvalue weighted by molar-refractivity contribution is 0.0926. The predicted octanol–water partition coefficient (Wildman–Crippen LogP) is 3.66. The number of benzene rings is 1. The highest BCUT2D eigenvalue weighted by molar-refractivity contribution is 6.42. The normalized spacial score (nSPS) is 10.9. The number of carbonyl (C=O) groups is 1. The maximum Gasteiger partial charge on any atom is 0.307 e.